The number of nitrogens with zero attached hydrogens (tertiary/aromatic N) is 5. The first kappa shape index (κ1) is 25.7. The zero-order chi connectivity index (χ0) is 26.1. The molecule has 0 bridgehead atoms. The molecule has 2 aliphatic rings. The molecule has 1 fully saturated rings. The molecule has 194 valence electrons. The Morgan fingerprint density at radius 3 is 2.84 bits per heavy atom. The second-order valence-corrected chi connectivity index (χ2v) is 11.1. The van der Waals surface area contributed by atoms with Gasteiger partial charge in [0.25, 0.3) is 0 Å². The monoisotopic (exact) mass is 541 g/mol. The van der Waals surface area contributed by atoms with Crippen molar-refractivity contribution in [2.24, 2.45) is 0 Å². The molecule has 0 spiro atoms. The topological polar surface area (TPSA) is 92.3 Å². The van der Waals surface area contributed by atoms with E-state index in [2.05, 4.69) is 43.3 Å². The smallest absolute Gasteiger partial charge is 0.227 e. The van der Waals surface area contributed by atoms with Crippen molar-refractivity contribution in [3.05, 3.63) is 77.0 Å². The van der Waals surface area contributed by atoms with Gasteiger partial charge in [-0.2, -0.15) is 4.72 Å². The summed E-state index contributed by atoms with van der Waals surface area (Å²) in [5.41, 5.74) is 4.54. The number of aromatic nitrogens is 3. The molecule has 0 aliphatic carbocycles. The predicted octanol–water partition coefficient (Wildman–Crippen LogP) is 4.95. The lowest BCUT2D eigenvalue weighted by atomic mass is 9.95. The number of pyridine rings is 1. The van der Waals surface area contributed by atoms with Gasteiger partial charge in [0.05, 0.1) is 17.1 Å². The summed E-state index contributed by atoms with van der Waals surface area (Å²) in [6.45, 7) is 9.04. The van der Waals surface area contributed by atoms with Crippen molar-refractivity contribution >= 4 is 46.1 Å². The fourth-order valence-corrected chi connectivity index (χ4v) is 5.74. The maximum atomic E-state index is 13.7. The number of benzene rings is 1. The maximum Gasteiger partial charge on any atom is 0.227 e. The van der Waals surface area contributed by atoms with Gasteiger partial charge in [-0.1, -0.05) is 18.2 Å². The number of likely N-dealkylation sites (tertiary alicyclic amines) is 1. The Balaban J connectivity index is 1.21. The summed E-state index contributed by atoms with van der Waals surface area (Å²) in [5, 5.41) is 3.37. The number of halogens is 2. The van der Waals surface area contributed by atoms with Gasteiger partial charge in [0, 0.05) is 71.6 Å². The summed E-state index contributed by atoms with van der Waals surface area (Å²) >= 11 is 4.78. The molecule has 37 heavy (non-hydrogen) atoms. The lowest BCUT2D eigenvalue weighted by Gasteiger charge is -2.43. The standard InChI is InChI=1S/C26H29ClFN7OS/c1-16-8-23(5-7-35(16)17(2)18-4-6-29-25(9-18)33-37(3)36)34-14-19-13-30-26(32-24(19)15-34)31-22-11-20(27)10-21(28)12-22/h4,6,9-13,16,23H,2,5,7-8,14-15H2,1,3H3,(H,29,33)(H,30,31,32)/t16-,23+,37?/m1/s1. The summed E-state index contributed by atoms with van der Waals surface area (Å²) in [7, 11) is 0. The molecule has 11 heteroatoms. The normalized spacial score (nSPS) is 20.4. The SMILES string of the molecule is C=C(c1ccnc(N[S+](C)[O-])c1)N1CC[C@H](N2Cc3cnc(Nc4cc(F)cc(Cl)c4)nc3C2)C[C@H]1C. The molecule has 5 rings (SSSR count). The summed E-state index contributed by atoms with van der Waals surface area (Å²) in [5.74, 6) is 0.594. The van der Waals surface area contributed by atoms with Crippen LogP contribution in [0.1, 0.15) is 36.6 Å². The van der Waals surface area contributed by atoms with Crippen LogP contribution < -0.4 is 10.0 Å². The van der Waals surface area contributed by atoms with Crippen LogP contribution in [0.25, 0.3) is 5.70 Å². The lowest BCUT2D eigenvalue weighted by Crippen LogP contribution is -2.46. The molecular weight excluding hydrogens is 513 g/mol. The van der Waals surface area contributed by atoms with Crippen molar-refractivity contribution in [3.8, 4) is 0 Å². The van der Waals surface area contributed by atoms with Crippen LogP contribution in [-0.2, 0) is 24.5 Å². The van der Waals surface area contributed by atoms with Crippen LogP contribution in [0, 0.1) is 5.82 Å². The number of anilines is 3. The van der Waals surface area contributed by atoms with Crippen molar-refractivity contribution in [3.63, 3.8) is 0 Å². The molecule has 4 heterocycles. The van der Waals surface area contributed by atoms with Crippen LogP contribution in [0.2, 0.25) is 5.02 Å². The van der Waals surface area contributed by atoms with E-state index in [1.54, 1.807) is 18.5 Å². The largest absolute Gasteiger partial charge is 0.593 e. The average Bonchev–Trinajstić information content (AvgIpc) is 3.26. The Kier molecular flexibility index (Phi) is 7.52. The molecule has 2 aliphatic heterocycles. The van der Waals surface area contributed by atoms with Gasteiger partial charge in [-0.15, -0.1) is 0 Å². The molecule has 3 aromatic rings. The zero-order valence-electron chi connectivity index (χ0n) is 20.7. The average molecular weight is 542 g/mol. The highest BCUT2D eigenvalue weighted by molar-refractivity contribution is 7.92. The van der Waals surface area contributed by atoms with Gasteiger partial charge in [0.1, 0.15) is 12.1 Å². The number of fused-ring (bicyclic) bond motifs is 1. The van der Waals surface area contributed by atoms with Crippen LogP contribution in [0.5, 0.6) is 0 Å². The molecule has 8 nitrogen and oxygen atoms in total. The first-order valence-electron chi connectivity index (χ1n) is 12.1. The number of hydrogen-bond acceptors (Lipinski definition) is 8. The van der Waals surface area contributed by atoms with E-state index < -0.39 is 17.2 Å². The van der Waals surface area contributed by atoms with Crippen molar-refractivity contribution in [1.82, 2.24) is 24.8 Å². The van der Waals surface area contributed by atoms with Crippen molar-refractivity contribution in [1.29, 1.82) is 0 Å². The van der Waals surface area contributed by atoms with E-state index in [1.807, 2.05) is 18.3 Å². The molecule has 1 saturated heterocycles. The van der Waals surface area contributed by atoms with Crippen molar-refractivity contribution < 1.29 is 8.94 Å². The molecule has 3 atom stereocenters. The molecule has 0 radical (unpaired) electrons. The summed E-state index contributed by atoms with van der Waals surface area (Å²) in [4.78, 5) is 18.2. The van der Waals surface area contributed by atoms with Gasteiger partial charge in [0.15, 0.2) is 5.82 Å². The Labute approximate surface area is 224 Å². The summed E-state index contributed by atoms with van der Waals surface area (Å²) < 4.78 is 28.0. The third kappa shape index (κ3) is 5.98. The van der Waals surface area contributed by atoms with Gasteiger partial charge < -0.3 is 14.8 Å². The van der Waals surface area contributed by atoms with Gasteiger partial charge in [-0.25, -0.2) is 19.3 Å². The number of hydrogen-bond donors (Lipinski definition) is 2. The van der Waals surface area contributed by atoms with Crippen LogP contribution in [-0.4, -0.2) is 54.2 Å². The Bertz CT molecular complexity index is 1290. The molecular formula is C26H29ClFN7OS. The molecule has 0 amide bonds. The second-order valence-electron chi connectivity index (χ2n) is 9.51. The van der Waals surface area contributed by atoms with E-state index >= 15 is 0 Å². The number of piperidine rings is 1. The van der Waals surface area contributed by atoms with E-state index in [1.165, 1.54) is 12.1 Å². The maximum absolute atomic E-state index is 13.7. The Morgan fingerprint density at radius 1 is 1.24 bits per heavy atom. The Hall–Kier alpha value is -2.92. The van der Waals surface area contributed by atoms with E-state index in [4.69, 9.17) is 16.6 Å². The number of rotatable bonds is 7. The Morgan fingerprint density at radius 2 is 2.08 bits per heavy atom. The van der Waals surface area contributed by atoms with Gasteiger partial charge in [0.2, 0.25) is 5.95 Å². The van der Waals surface area contributed by atoms with Gasteiger partial charge >= 0.3 is 0 Å². The van der Waals surface area contributed by atoms with Crippen LogP contribution >= 0.6 is 11.6 Å². The second kappa shape index (κ2) is 10.8. The predicted molar refractivity (Wildman–Crippen MR) is 146 cm³/mol. The first-order chi connectivity index (χ1) is 17.7. The van der Waals surface area contributed by atoms with E-state index in [-0.39, 0.29) is 0 Å². The zero-order valence-corrected chi connectivity index (χ0v) is 22.3. The van der Waals surface area contributed by atoms with Crippen LogP contribution in [0.15, 0.2) is 49.3 Å². The summed E-state index contributed by atoms with van der Waals surface area (Å²) in [6.07, 6.45) is 7.15. The molecule has 1 aromatic carbocycles. The van der Waals surface area contributed by atoms with Crippen LogP contribution in [0.4, 0.5) is 21.8 Å². The molecule has 1 unspecified atom stereocenters. The third-order valence-electron chi connectivity index (χ3n) is 6.85. The fraction of sp³-hybridized carbons (Fsp3) is 0.346. The van der Waals surface area contributed by atoms with E-state index in [0.717, 1.165) is 55.0 Å². The highest BCUT2D eigenvalue weighted by Gasteiger charge is 2.33. The highest BCUT2D eigenvalue weighted by Crippen LogP contribution is 2.33. The van der Waals surface area contributed by atoms with Crippen molar-refractivity contribution in [2.75, 3.05) is 22.8 Å². The highest BCUT2D eigenvalue weighted by atomic mass is 35.5. The minimum absolute atomic E-state index is 0.306. The molecule has 0 saturated carbocycles. The molecule has 2 aromatic heterocycles. The fourth-order valence-electron chi connectivity index (χ4n) is 5.11. The third-order valence-corrected chi connectivity index (χ3v) is 7.57. The minimum Gasteiger partial charge on any atom is -0.593 e. The molecule has 2 N–H and O–H groups in total. The first-order valence-corrected chi connectivity index (χ1v) is 14.0. The van der Waals surface area contributed by atoms with Gasteiger partial charge in [-0.3, -0.25) is 4.90 Å². The minimum atomic E-state index is -1.18. The quantitative estimate of drug-likeness (QED) is 0.406. The lowest BCUT2D eigenvalue weighted by molar-refractivity contribution is 0.102. The van der Waals surface area contributed by atoms with Gasteiger partial charge in [-0.05, 0) is 50.1 Å². The summed E-state index contributed by atoms with van der Waals surface area (Å²) in [6, 6.07) is 8.82. The van der Waals surface area contributed by atoms with E-state index in [9.17, 15) is 8.94 Å². The van der Waals surface area contributed by atoms with Crippen LogP contribution in [0.3, 0.4) is 0 Å². The van der Waals surface area contributed by atoms with E-state index in [0.29, 0.717) is 34.6 Å². The van der Waals surface area contributed by atoms with Crippen molar-refractivity contribution in [2.45, 2.75) is 44.9 Å². The number of nitrogens with one attached hydrogen (secondary N) is 2.